The van der Waals surface area contributed by atoms with Crippen LogP contribution in [0.25, 0.3) is 22.3 Å². The molecule has 8 rings (SSSR count). The zero-order valence-electron chi connectivity index (χ0n) is 25.9. The van der Waals surface area contributed by atoms with Crippen LogP contribution < -0.4 is 10.1 Å². The van der Waals surface area contributed by atoms with E-state index in [-0.39, 0.29) is 23.4 Å². The number of amides is 2. The Bertz CT molecular complexity index is 1640. The maximum Gasteiger partial charge on any atom is 0.269 e. The quantitative estimate of drug-likeness (QED) is 0.465. The maximum absolute atomic E-state index is 15.1. The van der Waals surface area contributed by atoms with Gasteiger partial charge in [0.15, 0.2) is 0 Å². The molecule has 1 N–H and O–H groups in total. The van der Waals surface area contributed by atoms with Crippen LogP contribution in [-0.2, 0) is 16.8 Å². The van der Waals surface area contributed by atoms with Crippen molar-refractivity contribution in [3.05, 3.63) is 47.2 Å². The first-order valence-corrected chi connectivity index (χ1v) is 16.2. The number of likely N-dealkylation sites (N-methyl/N-ethyl adjacent to an activating group) is 1. The van der Waals surface area contributed by atoms with Crippen LogP contribution in [0.3, 0.4) is 0 Å². The van der Waals surface area contributed by atoms with Gasteiger partial charge in [-0.15, -0.1) is 0 Å². The predicted molar refractivity (Wildman–Crippen MR) is 166 cm³/mol. The predicted octanol–water partition coefficient (Wildman–Crippen LogP) is 5.09. The number of ether oxygens (including phenoxy) is 1. The molecule has 8 nitrogen and oxygen atoms in total. The van der Waals surface area contributed by atoms with Gasteiger partial charge < -0.3 is 24.4 Å². The van der Waals surface area contributed by atoms with Gasteiger partial charge in [-0.2, -0.15) is 0 Å². The fourth-order valence-corrected chi connectivity index (χ4v) is 9.54. The smallest absolute Gasteiger partial charge is 0.269 e. The number of nitrogens with one attached hydrogen (secondary N) is 1. The first-order valence-electron chi connectivity index (χ1n) is 16.2. The Balaban J connectivity index is 1.38. The molecule has 2 amide bonds. The largest absolute Gasteiger partial charge is 0.497 e. The molecule has 3 aromatic rings. The summed E-state index contributed by atoms with van der Waals surface area (Å²) in [5.74, 6) is 1.38. The molecule has 226 valence electrons. The summed E-state index contributed by atoms with van der Waals surface area (Å²) in [7, 11) is 5.56. The molecule has 4 unspecified atom stereocenters. The van der Waals surface area contributed by atoms with Crippen molar-refractivity contribution >= 4 is 22.8 Å². The Hall–Kier alpha value is -3.39. The molecule has 0 spiro atoms. The summed E-state index contributed by atoms with van der Waals surface area (Å²) in [6.07, 6.45) is 9.00. The first-order chi connectivity index (χ1) is 20.8. The molecule has 4 atom stereocenters. The van der Waals surface area contributed by atoms with Crippen molar-refractivity contribution in [1.29, 1.82) is 0 Å². The lowest BCUT2D eigenvalue weighted by atomic mass is 9.79. The summed E-state index contributed by atoms with van der Waals surface area (Å²) in [5.41, 5.74) is 5.32. The summed E-state index contributed by atoms with van der Waals surface area (Å²) in [6, 6.07) is 11.0. The van der Waals surface area contributed by atoms with Gasteiger partial charge in [-0.1, -0.05) is 26.2 Å². The van der Waals surface area contributed by atoms with Gasteiger partial charge in [-0.3, -0.25) is 9.59 Å². The Morgan fingerprint density at radius 2 is 1.77 bits per heavy atom. The van der Waals surface area contributed by atoms with Gasteiger partial charge in [0.2, 0.25) is 5.91 Å². The molecule has 3 aliphatic heterocycles. The molecule has 2 saturated carbocycles. The van der Waals surface area contributed by atoms with Crippen molar-refractivity contribution in [2.75, 3.05) is 34.3 Å². The van der Waals surface area contributed by atoms with Crippen molar-refractivity contribution in [1.82, 2.24) is 24.7 Å². The molecular formula is C35H43N5O3. The zero-order chi connectivity index (χ0) is 29.7. The zero-order valence-corrected chi connectivity index (χ0v) is 25.9. The number of fused-ring (bicyclic) bond motifs is 9. The SMILES string of the molecule is CNC(=O)c1ccc2c(C3CCCCC3)c3n(c2n1)CC1(C(=O)N2C4CCC2CN(C)C4)CC1(C)c1cc(OC)ccc1-3. The Labute approximate surface area is 253 Å². The molecule has 43 heavy (non-hydrogen) atoms. The summed E-state index contributed by atoms with van der Waals surface area (Å²) < 4.78 is 8.13. The van der Waals surface area contributed by atoms with E-state index < -0.39 is 5.41 Å². The molecule has 2 saturated heterocycles. The van der Waals surface area contributed by atoms with E-state index >= 15 is 4.79 Å². The topological polar surface area (TPSA) is 79.7 Å². The number of carbonyl (C=O) groups excluding carboxylic acids is 2. The van der Waals surface area contributed by atoms with E-state index in [1.54, 1.807) is 14.2 Å². The van der Waals surface area contributed by atoms with Crippen LogP contribution in [0.15, 0.2) is 30.3 Å². The highest BCUT2D eigenvalue weighted by atomic mass is 16.5. The summed E-state index contributed by atoms with van der Waals surface area (Å²) in [6.45, 7) is 4.77. The number of benzene rings is 1. The first kappa shape index (κ1) is 27.2. The second kappa shape index (κ2) is 9.55. The number of nitrogens with zero attached hydrogens (tertiary/aromatic N) is 4. The minimum absolute atomic E-state index is 0.188. The highest BCUT2D eigenvalue weighted by Gasteiger charge is 2.73. The molecule has 2 aliphatic carbocycles. The standard InChI is InChI=1S/C35H43N5O3/c1-34-19-35(34,33(42)40-22-10-11-23(40)18-38(3)17-22)20-39-30(25-13-12-24(43-4)16-27(25)34)29(21-8-6-5-7-9-21)26-14-15-28(32(41)36-2)37-31(26)39/h12-16,21-23H,5-11,17-20H2,1-4H3,(H,36,41). The van der Waals surface area contributed by atoms with Crippen molar-refractivity contribution in [3.63, 3.8) is 0 Å². The molecule has 1 aromatic carbocycles. The highest BCUT2D eigenvalue weighted by Crippen LogP contribution is 2.70. The summed E-state index contributed by atoms with van der Waals surface area (Å²) in [5, 5.41) is 3.89. The number of hydrogen-bond donors (Lipinski definition) is 1. The molecule has 5 heterocycles. The average Bonchev–Trinajstić information content (AvgIpc) is 3.42. The van der Waals surface area contributed by atoms with Gasteiger partial charge in [0.25, 0.3) is 5.91 Å². The fraction of sp³-hybridized carbons (Fsp3) is 0.571. The van der Waals surface area contributed by atoms with Crippen LogP contribution in [0.5, 0.6) is 5.75 Å². The molecule has 4 fully saturated rings. The Morgan fingerprint density at radius 1 is 1.02 bits per heavy atom. The van der Waals surface area contributed by atoms with Crippen LogP contribution in [-0.4, -0.2) is 77.5 Å². The van der Waals surface area contributed by atoms with E-state index in [0.717, 1.165) is 62.0 Å². The van der Waals surface area contributed by atoms with Crippen LogP contribution in [0.1, 0.15) is 85.8 Å². The van der Waals surface area contributed by atoms with Crippen molar-refractivity contribution in [2.24, 2.45) is 5.41 Å². The number of carbonyl (C=O) groups is 2. The van der Waals surface area contributed by atoms with Gasteiger partial charge in [0.05, 0.1) is 18.2 Å². The maximum atomic E-state index is 15.1. The number of pyridine rings is 1. The molecule has 0 radical (unpaired) electrons. The third-order valence-corrected chi connectivity index (χ3v) is 11.8. The minimum atomic E-state index is -0.573. The summed E-state index contributed by atoms with van der Waals surface area (Å²) in [4.78, 5) is 37.6. The van der Waals surface area contributed by atoms with Gasteiger partial charge in [-0.25, -0.2) is 4.98 Å². The van der Waals surface area contributed by atoms with E-state index in [2.05, 4.69) is 57.9 Å². The van der Waals surface area contributed by atoms with Crippen LogP contribution in [0.2, 0.25) is 0 Å². The third kappa shape index (κ3) is 3.74. The molecule has 2 bridgehead atoms. The second-order valence-electron chi connectivity index (χ2n) is 14.2. The summed E-state index contributed by atoms with van der Waals surface area (Å²) >= 11 is 0. The van der Waals surface area contributed by atoms with Gasteiger partial charge >= 0.3 is 0 Å². The van der Waals surface area contributed by atoms with Crippen molar-refractivity contribution in [3.8, 4) is 17.0 Å². The van der Waals surface area contributed by atoms with Crippen LogP contribution in [0, 0.1) is 5.41 Å². The van der Waals surface area contributed by atoms with Crippen molar-refractivity contribution in [2.45, 2.75) is 88.3 Å². The van der Waals surface area contributed by atoms with Crippen molar-refractivity contribution < 1.29 is 14.3 Å². The second-order valence-corrected chi connectivity index (χ2v) is 14.2. The minimum Gasteiger partial charge on any atom is -0.497 e. The van der Waals surface area contributed by atoms with E-state index in [1.165, 1.54) is 41.6 Å². The van der Waals surface area contributed by atoms with E-state index in [4.69, 9.17) is 9.72 Å². The van der Waals surface area contributed by atoms with E-state index in [9.17, 15) is 4.79 Å². The lowest BCUT2D eigenvalue weighted by Crippen LogP contribution is -2.57. The Kier molecular flexibility index (Phi) is 6.04. The number of hydrogen-bond acceptors (Lipinski definition) is 5. The lowest BCUT2D eigenvalue weighted by Gasteiger charge is -2.42. The molecule has 5 aliphatic rings. The number of rotatable bonds is 4. The number of likely N-dealkylation sites (tertiary alicyclic amines) is 1. The molecular weight excluding hydrogens is 538 g/mol. The van der Waals surface area contributed by atoms with Gasteiger partial charge in [0.1, 0.15) is 17.1 Å². The lowest BCUT2D eigenvalue weighted by molar-refractivity contribution is -0.144. The normalized spacial score (nSPS) is 29.9. The van der Waals surface area contributed by atoms with E-state index in [0.29, 0.717) is 24.1 Å². The van der Waals surface area contributed by atoms with Crippen LogP contribution >= 0.6 is 0 Å². The fourth-order valence-electron chi connectivity index (χ4n) is 9.54. The van der Waals surface area contributed by atoms with Gasteiger partial charge in [-0.05, 0) is 86.5 Å². The molecule has 2 aromatic heterocycles. The highest BCUT2D eigenvalue weighted by molar-refractivity contribution is 5.99. The number of methoxy groups -OCH3 is 1. The van der Waals surface area contributed by atoms with Gasteiger partial charge in [0, 0.05) is 55.1 Å². The number of aromatic nitrogens is 2. The molecule has 8 heteroatoms. The third-order valence-electron chi connectivity index (χ3n) is 11.8. The average molecular weight is 582 g/mol. The Morgan fingerprint density at radius 3 is 2.47 bits per heavy atom. The van der Waals surface area contributed by atoms with E-state index in [1.807, 2.05) is 6.07 Å². The van der Waals surface area contributed by atoms with Crippen LogP contribution in [0.4, 0.5) is 0 Å². The monoisotopic (exact) mass is 581 g/mol. The number of piperazine rings is 1.